The van der Waals surface area contributed by atoms with E-state index in [4.69, 9.17) is 15.2 Å². The molecule has 0 heterocycles. The third kappa shape index (κ3) is 5.48. The maximum Gasteiger partial charge on any atom is 0.241 e. The minimum Gasteiger partial charge on any atom is -0.492 e. The maximum absolute atomic E-state index is 12.0. The first-order chi connectivity index (χ1) is 9.58. The fourth-order valence-corrected chi connectivity index (χ4v) is 1.98. The van der Waals surface area contributed by atoms with Gasteiger partial charge < -0.3 is 20.1 Å². The molecule has 1 atom stereocenters. The van der Waals surface area contributed by atoms with Crippen LogP contribution in [0.3, 0.4) is 0 Å². The summed E-state index contributed by atoms with van der Waals surface area (Å²) in [7, 11) is 1.53. The van der Waals surface area contributed by atoms with E-state index in [1.54, 1.807) is 4.90 Å². The first-order valence-corrected chi connectivity index (χ1v) is 7.29. The molecule has 1 aromatic carbocycles. The average Bonchev–Trinajstić information content (AvgIpc) is 2.45. The SMILES string of the molecule is CCN(CCOc1ccc(Br)cc1)C(=O)C(N)COC. The third-order valence-corrected chi connectivity index (χ3v) is 3.33. The van der Waals surface area contributed by atoms with Crippen LogP contribution in [0.25, 0.3) is 0 Å². The van der Waals surface area contributed by atoms with Crippen LogP contribution in [-0.4, -0.2) is 50.3 Å². The zero-order valence-corrected chi connectivity index (χ0v) is 13.4. The van der Waals surface area contributed by atoms with Crippen molar-refractivity contribution in [3.8, 4) is 5.75 Å². The molecular formula is C14H21BrN2O3. The number of carbonyl (C=O) groups excluding carboxylic acids is 1. The summed E-state index contributed by atoms with van der Waals surface area (Å²) in [6, 6.07) is 6.95. The molecule has 1 rings (SSSR count). The number of ether oxygens (including phenoxy) is 2. The van der Waals surface area contributed by atoms with Gasteiger partial charge in [-0.05, 0) is 31.2 Å². The van der Waals surface area contributed by atoms with Crippen LogP contribution in [0.1, 0.15) is 6.92 Å². The Kier molecular flexibility index (Phi) is 7.58. The highest BCUT2D eigenvalue weighted by Crippen LogP contribution is 2.15. The molecule has 1 aromatic rings. The molecule has 0 bridgehead atoms. The van der Waals surface area contributed by atoms with E-state index < -0.39 is 6.04 Å². The van der Waals surface area contributed by atoms with Crippen LogP contribution in [0.15, 0.2) is 28.7 Å². The van der Waals surface area contributed by atoms with Crippen LogP contribution in [0.2, 0.25) is 0 Å². The summed E-state index contributed by atoms with van der Waals surface area (Å²) >= 11 is 3.36. The lowest BCUT2D eigenvalue weighted by Gasteiger charge is -2.24. The molecule has 0 radical (unpaired) electrons. The summed E-state index contributed by atoms with van der Waals surface area (Å²) in [5.41, 5.74) is 5.74. The molecule has 2 N–H and O–H groups in total. The van der Waals surface area contributed by atoms with E-state index >= 15 is 0 Å². The maximum atomic E-state index is 12.0. The number of nitrogens with zero attached hydrogens (tertiary/aromatic N) is 1. The lowest BCUT2D eigenvalue weighted by atomic mass is 10.3. The third-order valence-electron chi connectivity index (χ3n) is 2.80. The molecule has 20 heavy (non-hydrogen) atoms. The van der Waals surface area contributed by atoms with Crippen molar-refractivity contribution < 1.29 is 14.3 Å². The molecule has 6 heteroatoms. The van der Waals surface area contributed by atoms with E-state index in [1.807, 2.05) is 31.2 Å². The molecule has 0 fully saturated rings. The molecule has 112 valence electrons. The van der Waals surface area contributed by atoms with Gasteiger partial charge in [-0.1, -0.05) is 15.9 Å². The highest BCUT2D eigenvalue weighted by atomic mass is 79.9. The second-order valence-electron chi connectivity index (χ2n) is 4.28. The number of likely N-dealkylation sites (N-methyl/N-ethyl adjacent to an activating group) is 1. The van der Waals surface area contributed by atoms with Gasteiger partial charge in [0.2, 0.25) is 5.91 Å². The Bertz CT molecular complexity index is 411. The van der Waals surface area contributed by atoms with Crippen LogP contribution < -0.4 is 10.5 Å². The van der Waals surface area contributed by atoms with Crippen LogP contribution in [0.4, 0.5) is 0 Å². The number of carbonyl (C=O) groups is 1. The number of rotatable bonds is 8. The average molecular weight is 345 g/mol. The number of benzene rings is 1. The number of hydrogen-bond acceptors (Lipinski definition) is 4. The Labute approximate surface area is 128 Å². The molecule has 0 aliphatic carbocycles. The predicted molar refractivity (Wildman–Crippen MR) is 81.7 cm³/mol. The number of methoxy groups -OCH3 is 1. The fourth-order valence-electron chi connectivity index (χ4n) is 1.71. The lowest BCUT2D eigenvalue weighted by molar-refractivity contribution is -0.133. The zero-order chi connectivity index (χ0) is 15.0. The normalized spacial score (nSPS) is 12.0. The Balaban J connectivity index is 2.41. The summed E-state index contributed by atoms with van der Waals surface area (Å²) < 4.78 is 11.5. The fraction of sp³-hybridized carbons (Fsp3) is 0.500. The summed E-state index contributed by atoms with van der Waals surface area (Å²) in [6.07, 6.45) is 0. The lowest BCUT2D eigenvalue weighted by Crippen LogP contribution is -2.47. The molecule has 0 aromatic heterocycles. The first-order valence-electron chi connectivity index (χ1n) is 6.50. The molecule has 0 spiro atoms. The molecule has 1 amide bonds. The van der Waals surface area contributed by atoms with Crippen molar-refractivity contribution in [2.75, 3.05) is 33.4 Å². The number of hydrogen-bond donors (Lipinski definition) is 1. The Morgan fingerprint density at radius 2 is 2.05 bits per heavy atom. The van der Waals surface area contributed by atoms with Gasteiger partial charge in [0.25, 0.3) is 0 Å². The van der Waals surface area contributed by atoms with Gasteiger partial charge >= 0.3 is 0 Å². The molecule has 0 saturated heterocycles. The van der Waals surface area contributed by atoms with E-state index in [0.717, 1.165) is 10.2 Å². The van der Waals surface area contributed by atoms with Crippen LogP contribution in [0, 0.1) is 0 Å². The second-order valence-corrected chi connectivity index (χ2v) is 5.20. The topological polar surface area (TPSA) is 64.8 Å². The van der Waals surface area contributed by atoms with Gasteiger partial charge in [0, 0.05) is 18.1 Å². The largest absolute Gasteiger partial charge is 0.492 e. The minimum atomic E-state index is -0.618. The number of amides is 1. The predicted octanol–water partition coefficient (Wildman–Crippen LogP) is 1.65. The van der Waals surface area contributed by atoms with Gasteiger partial charge in [-0.25, -0.2) is 0 Å². The van der Waals surface area contributed by atoms with Crippen molar-refractivity contribution in [3.63, 3.8) is 0 Å². The van der Waals surface area contributed by atoms with Gasteiger partial charge in [-0.15, -0.1) is 0 Å². The first kappa shape index (κ1) is 16.9. The van der Waals surface area contributed by atoms with Gasteiger partial charge in [-0.3, -0.25) is 4.79 Å². The second kappa shape index (κ2) is 8.94. The zero-order valence-electron chi connectivity index (χ0n) is 11.8. The highest BCUT2D eigenvalue weighted by Gasteiger charge is 2.19. The number of halogens is 1. The minimum absolute atomic E-state index is 0.117. The highest BCUT2D eigenvalue weighted by molar-refractivity contribution is 9.10. The molecule has 0 aliphatic heterocycles. The van der Waals surface area contributed by atoms with Crippen molar-refractivity contribution in [1.82, 2.24) is 4.90 Å². The van der Waals surface area contributed by atoms with E-state index in [1.165, 1.54) is 7.11 Å². The van der Waals surface area contributed by atoms with Crippen molar-refractivity contribution in [2.45, 2.75) is 13.0 Å². The van der Waals surface area contributed by atoms with Crippen LogP contribution in [0.5, 0.6) is 5.75 Å². The van der Waals surface area contributed by atoms with E-state index in [-0.39, 0.29) is 12.5 Å². The molecule has 0 saturated carbocycles. The van der Waals surface area contributed by atoms with Gasteiger partial charge in [-0.2, -0.15) is 0 Å². The Hall–Kier alpha value is -1.11. The Morgan fingerprint density at radius 1 is 1.40 bits per heavy atom. The summed E-state index contributed by atoms with van der Waals surface area (Å²) in [5.74, 6) is 0.659. The molecule has 1 unspecified atom stereocenters. The standard InChI is InChI=1S/C14H21BrN2O3/c1-3-17(14(18)13(16)10-19-2)8-9-20-12-6-4-11(15)5-7-12/h4-7,13H,3,8-10,16H2,1-2H3. The summed E-state index contributed by atoms with van der Waals surface area (Å²) in [5, 5.41) is 0. The van der Waals surface area contributed by atoms with Gasteiger partial charge in [0.15, 0.2) is 0 Å². The smallest absolute Gasteiger partial charge is 0.241 e. The van der Waals surface area contributed by atoms with Crippen LogP contribution in [-0.2, 0) is 9.53 Å². The van der Waals surface area contributed by atoms with E-state index in [9.17, 15) is 4.79 Å². The molecule has 0 aliphatic rings. The monoisotopic (exact) mass is 344 g/mol. The van der Waals surface area contributed by atoms with E-state index in [0.29, 0.717) is 19.7 Å². The summed E-state index contributed by atoms with van der Waals surface area (Å²) in [4.78, 5) is 13.7. The van der Waals surface area contributed by atoms with Crippen molar-refractivity contribution in [2.24, 2.45) is 5.73 Å². The molecule has 5 nitrogen and oxygen atoms in total. The van der Waals surface area contributed by atoms with Gasteiger partial charge in [0.05, 0.1) is 13.2 Å². The number of nitrogens with two attached hydrogens (primary N) is 1. The van der Waals surface area contributed by atoms with Crippen molar-refractivity contribution in [3.05, 3.63) is 28.7 Å². The molecular weight excluding hydrogens is 324 g/mol. The van der Waals surface area contributed by atoms with Crippen molar-refractivity contribution in [1.29, 1.82) is 0 Å². The van der Waals surface area contributed by atoms with Crippen LogP contribution >= 0.6 is 15.9 Å². The Morgan fingerprint density at radius 3 is 2.60 bits per heavy atom. The van der Waals surface area contributed by atoms with E-state index in [2.05, 4.69) is 15.9 Å². The quantitative estimate of drug-likeness (QED) is 0.778. The van der Waals surface area contributed by atoms with Crippen molar-refractivity contribution >= 4 is 21.8 Å². The summed E-state index contributed by atoms with van der Waals surface area (Å²) in [6.45, 7) is 3.67. The van der Waals surface area contributed by atoms with Gasteiger partial charge in [0.1, 0.15) is 18.4 Å².